The van der Waals surface area contributed by atoms with Gasteiger partial charge in [0.25, 0.3) is 0 Å². The number of halogens is 1. The van der Waals surface area contributed by atoms with Crippen LogP contribution in [0, 0.1) is 17.3 Å². The largest absolute Gasteiger partial charge is 0.480 e. The third-order valence-corrected chi connectivity index (χ3v) is 5.31. The molecule has 0 aromatic carbocycles. The molecule has 4 aliphatic rings. The number of alkyl halides is 1. The number of amides is 1. The molecule has 0 heterocycles. The molecule has 0 aromatic rings. The summed E-state index contributed by atoms with van der Waals surface area (Å²) in [6.45, 7) is -0.287. The zero-order chi connectivity index (χ0) is 13.0. The highest BCUT2D eigenvalue weighted by molar-refractivity contribution is 6.24. The molecule has 5 heteroatoms. The first-order valence-electron chi connectivity index (χ1n) is 6.60. The lowest BCUT2D eigenvalue weighted by Gasteiger charge is -2.59. The molecule has 0 radical (unpaired) electrons. The normalized spacial score (nSPS) is 44.9. The molecule has 18 heavy (non-hydrogen) atoms. The number of nitrogens with one attached hydrogen (secondary N) is 1. The van der Waals surface area contributed by atoms with Crippen LogP contribution in [0.2, 0.25) is 0 Å². The molecule has 4 fully saturated rings. The van der Waals surface area contributed by atoms with Gasteiger partial charge in [-0.2, -0.15) is 0 Å². The summed E-state index contributed by atoms with van der Waals surface area (Å²) in [5.74, 6) is 0.0244. The summed E-state index contributed by atoms with van der Waals surface area (Å²) in [7, 11) is 0. The van der Waals surface area contributed by atoms with Crippen LogP contribution in [0.15, 0.2) is 0 Å². The summed E-state index contributed by atoms with van der Waals surface area (Å²) in [5, 5.41) is 11.2. The van der Waals surface area contributed by atoms with Gasteiger partial charge in [0, 0.05) is 4.87 Å². The molecule has 0 aromatic heterocycles. The van der Waals surface area contributed by atoms with E-state index in [-0.39, 0.29) is 22.7 Å². The van der Waals surface area contributed by atoms with Crippen LogP contribution in [0.3, 0.4) is 0 Å². The van der Waals surface area contributed by atoms with Crippen LogP contribution in [0.25, 0.3) is 0 Å². The topological polar surface area (TPSA) is 66.4 Å². The van der Waals surface area contributed by atoms with Crippen molar-refractivity contribution >= 4 is 23.5 Å². The van der Waals surface area contributed by atoms with E-state index in [1.165, 1.54) is 6.42 Å². The fourth-order valence-electron chi connectivity index (χ4n) is 4.76. The van der Waals surface area contributed by atoms with E-state index in [9.17, 15) is 9.59 Å². The van der Waals surface area contributed by atoms with Gasteiger partial charge in [0.15, 0.2) is 0 Å². The number of carboxylic acid groups (broad SMARTS) is 1. The van der Waals surface area contributed by atoms with Crippen molar-refractivity contribution in [1.29, 1.82) is 0 Å². The summed E-state index contributed by atoms with van der Waals surface area (Å²) < 4.78 is 0. The van der Waals surface area contributed by atoms with Crippen molar-refractivity contribution in [3.8, 4) is 0 Å². The lowest BCUT2D eigenvalue weighted by atomic mass is 9.49. The quantitative estimate of drug-likeness (QED) is 0.769. The van der Waals surface area contributed by atoms with Crippen LogP contribution in [-0.2, 0) is 9.59 Å². The van der Waals surface area contributed by atoms with E-state index in [0.29, 0.717) is 11.8 Å². The van der Waals surface area contributed by atoms with Crippen molar-refractivity contribution in [3.63, 3.8) is 0 Å². The van der Waals surface area contributed by atoms with Gasteiger partial charge < -0.3 is 10.4 Å². The molecule has 0 spiro atoms. The summed E-state index contributed by atoms with van der Waals surface area (Å²) in [6.07, 6.45) is 5.76. The van der Waals surface area contributed by atoms with E-state index in [1.54, 1.807) is 0 Å². The van der Waals surface area contributed by atoms with Gasteiger partial charge in [-0.3, -0.25) is 9.59 Å². The van der Waals surface area contributed by atoms with Crippen LogP contribution in [-0.4, -0.2) is 28.4 Å². The van der Waals surface area contributed by atoms with Gasteiger partial charge in [0.1, 0.15) is 6.54 Å². The summed E-state index contributed by atoms with van der Waals surface area (Å²) in [6, 6.07) is 0. The predicted molar refractivity (Wildman–Crippen MR) is 66.3 cm³/mol. The van der Waals surface area contributed by atoms with E-state index < -0.39 is 5.97 Å². The lowest BCUT2D eigenvalue weighted by molar-refractivity contribution is -0.147. The van der Waals surface area contributed by atoms with Gasteiger partial charge in [-0.15, -0.1) is 11.6 Å². The highest BCUT2D eigenvalue weighted by Crippen LogP contribution is 2.63. The standard InChI is InChI=1S/C13H18ClNO3/c14-13-4-8-1-9(5-13)3-12(2-8,7-13)11(18)15-6-10(16)17/h8-9H,1-7H2,(H,15,18)(H,16,17)/t8-,9-,12?,13?/m1/s1. The Balaban J connectivity index is 1.78. The number of carboxylic acids is 1. The Labute approximate surface area is 111 Å². The van der Waals surface area contributed by atoms with E-state index in [0.717, 1.165) is 32.1 Å². The van der Waals surface area contributed by atoms with Gasteiger partial charge in [-0.25, -0.2) is 0 Å². The summed E-state index contributed by atoms with van der Waals surface area (Å²) >= 11 is 6.63. The number of rotatable bonds is 3. The van der Waals surface area contributed by atoms with Crippen LogP contribution in [0.1, 0.15) is 38.5 Å². The molecular formula is C13H18ClNO3. The van der Waals surface area contributed by atoms with E-state index >= 15 is 0 Å². The molecule has 4 aliphatic carbocycles. The van der Waals surface area contributed by atoms with E-state index in [1.807, 2.05) is 0 Å². The van der Waals surface area contributed by atoms with Gasteiger partial charge in [-0.1, -0.05) is 0 Å². The molecular weight excluding hydrogens is 254 g/mol. The second kappa shape index (κ2) is 3.86. The van der Waals surface area contributed by atoms with Gasteiger partial charge in [0.05, 0.1) is 5.41 Å². The molecule has 0 unspecified atom stereocenters. The summed E-state index contributed by atoms with van der Waals surface area (Å²) in [5.41, 5.74) is -0.388. The third kappa shape index (κ3) is 1.91. The number of carbonyl (C=O) groups excluding carboxylic acids is 1. The zero-order valence-electron chi connectivity index (χ0n) is 10.2. The Hall–Kier alpha value is -0.770. The first kappa shape index (κ1) is 12.3. The Morgan fingerprint density at radius 3 is 2.33 bits per heavy atom. The average molecular weight is 272 g/mol. The number of hydrogen-bond acceptors (Lipinski definition) is 2. The minimum Gasteiger partial charge on any atom is -0.480 e. The molecule has 4 nitrogen and oxygen atoms in total. The molecule has 0 aliphatic heterocycles. The minimum absolute atomic E-state index is 0.0935. The zero-order valence-corrected chi connectivity index (χ0v) is 11.0. The lowest BCUT2D eigenvalue weighted by Crippen LogP contribution is -2.58. The Morgan fingerprint density at radius 1 is 1.22 bits per heavy atom. The Bertz CT molecular complexity index is 395. The second-order valence-corrected chi connectivity index (χ2v) is 7.27. The minimum atomic E-state index is -0.992. The molecule has 4 bridgehead atoms. The molecule has 4 saturated carbocycles. The van der Waals surface area contributed by atoms with Crippen LogP contribution < -0.4 is 5.32 Å². The Kier molecular flexibility index (Phi) is 2.63. The molecule has 100 valence electrons. The van der Waals surface area contributed by atoms with Crippen molar-refractivity contribution < 1.29 is 14.7 Å². The molecule has 1 amide bonds. The van der Waals surface area contributed by atoms with E-state index in [4.69, 9.17) is 16.7 Å². The molecule has 4 rings (SSSR count). The maximum Gasteiger partial charge on any atom is 0.322 e. The van der Waals surface area contributed by atoms with Crippen molar-refractivity contribution in [2.24, 2.45) is 17.3 Å². The SMILES string of the molecule is O=C(O)CNC(=O)C12C[C@H]3C[C@@H](CC(Cl)(C3)C1)C2. The number of carbonyl (C=O) groups is 2. The predicted octanol–water partition coefficient (Wildman–Crippen LogP) is 1.76. The van der Waals surface area contributed by atoms with E-state index in [2.05, 4.69) is 5.32 Å². The van der Waals surface area contributed by atoms with Crippen molar-refractivity contribution in [2.75, 3.05) is 6.54 Å². The maximum absolute atomic E-state index is 12.3. The smallest absolute Gasteiger partial charge is 0.322 e. The maximum atomic E-state index is 12.3. The van der Waals surface area contributed by atoms with Crippen molar-refractivity contribution in [3.05, 3.63) is 0 Å². The second-order valence-electron chi connectivity index (χ2n) is 6.47. The van der Waals surface area contributed by atoms with Crippen LogP contribution in [0.4, 0.5) is 0 Å². The van der Waals surface area contributed by atoms with Crippen LogP contribution >= 0.6 is 11.6 Å². The monoisotopic (exact) mass is 271 g/mol. The van der Waals surface area contributed by atoms with Crippen molar-refractivity contribution in [2.45, 2.75) is 43.4 Å². The first-order chi connectivity index (χ1) is 8.41. The van der Waals surface area contributed by atoms with Crippen LogP contribution in [0.5, 0.6) is 0 Å². The molecule has 0 saturated heterocycles. The fraction of sp³-hybridized carbons (Fsp3) is 0.846. The molecule has 2 N–H and O–H groups in total. The van der Waals surface area contributed by atoms with Gasteiger partial charge in [-0.05, 0) is 50.4 Å². The number of hydrogen-bond donors (Lipinski definition) is 2. The van der Waals surface area contributed by atoms with Gasteiger partial charge in [0.2, 0.25) is 5.91 Å². The number of aliphatic carboxylic acids is 1. The fourth-order valence-corrected chi connectivity index (χ4v) is 5.45. The average Bonchev–Trinajstić information content (AvgIpc) is 2.22. The highest BCUT2D eigenvalue weighted by Gasteiger charge is 2.59. The third-order valence-electron chi connectivity index (χ3n) is 4.87. The first-order valence-corrected chi connectivity index (χ1v) is 6.98. The molecule has 2 atom stereocenters. The van der Waals surface area contributed by atoms with Gasteiger partial charge >= 0.3 is 5.97 Å². The highest BCUT2D eigenvalue weighted by atomic mass is 35.5. The Morgan fingerprint density at radius 2 is 1.83 bits per heavy atom. The van der Waals surface area contributed by atoms with Crippen molar-refractivity contribution in [1.82, 2.24) is 5.32 Å². The summed E-state index contributed by atoms with van der Waals surface area (Å²) in [4.78, 5) is 22.7.